The third kappa shape index (κ3) is 3.35. The van der Waals surface area contributed by atoms with E-state index in [1.54, 1.807) is 25.6 Å². The van der Waals surface area contributed by atoms with Crippen molar-refractivity contribution in [1.29, 1.82) is 0 Å². The zero-order chi connectivity index (χ0) is 13.8. The van der Waals surface area contributed by atoms with Gasteiger partial charge in [0, 0.05) is 26.2 Å². The summed E-state index contributed by atoms with van der Waals surface area (Å²) in [6.45, 7) is 0. The van der Waals surface area contributed by atoms with Crippen LogP contribution in [0.5, 0.6) is 5.88 Å². The van der Waals surface area contributed by atoms with Gasteiger partial charge in [-0.25, -0.2) is 4.98 Å². The number of pyridine rings is 1. The molecule has 2 rings (SSSR count). The van der Waals surface area contributed by atoms with Crippen molar-refractivity contribution in [1.82, 2.24) is 4.98 Å². The molecular weight excluding hydrogens is 310 g/mol. The van der Waals surface area contributed by atoms with Crippen LogP contribution in [-0.2, 0) is 0 Å². The monoisotopic (exact) mass is 323 g/mol. The zero-order valence-corrected chi connectivity index (χ0v) is 12.5. The Bertz CT molecular complexity index is 576. The SMILES string of the molecule is COc1ccc(N=Cc2cc(Br)c(N(C)C)o2)cn1. The number of halogens is 1. The van der Waals surface area contributed by atoms with Gasteiger partial charge in [-0.15, -0.1) is 0 Å². The van der Waals surface area contributed by atoms with E-state index in [2.05, 4.69) is 25.9 Å². The van der Waals surface area contributed by atoms with Gasteiger partial charge in [0.1, 0.15) is 5.76 Å². The van der Waals surface area contributed by atoms with E-state index >= 15 is 0 Å². The summed E-state index contributed by atoms with van der Waals surface area (Å²) in [6, 6.07) is 5.46. The minimum absolute atomic E-state index is 0.564. The lowest BCUT2D eigenvalue weighted by atomic mass is 10.4. The van der Waals surface area contributed by atoms with Crippen LogP contribution in [0.2, 0.25) is 0 Å². The van der Waals surface area contributed by atoms with Gasteiger partial charge in [-0.2, -0.15) is 0 Å². The van der Waals surface area contributed by atoms with Crippen molar-refractivity contribution >= 4 is 33.7 Å². The first-order valence-corrected chi connectivity index (χ1v) is 6.40. The van der Waals surface area contributed by atoms with Gasteiger partial charge < -0.3 is 14.1 Å². The maximum absolute atomic E-state index is 5.63. The van der Waals surface area contributed by atoms with Gasteiger partial charge in [-0.05, 0) is 22.0 Å². The van der Waals surface area contributed by atoms with E-state index in [0.29, 0.717) is 11.6 Å². The Morgan fingerprint density at radius 1 is 1.42 bits per heavy atom. The Morgan fingerprint density at radius 2 is 2.21 bits per heavy atom. The quantitative estimate of drug-likeness (QED) is 0.810. The molecule has 19 heavy (non-hydrogen) atoms. The number of nitrogens with zero attached hydrogens (tertiary/aromatic N) is 3. The van der Waals surface area contributed by atoms with E-state index in [1.165, 1.54) is 0 Å². The number of methoxy groups -OCH3 is 1. The summed E-state index contributed by atoms with van der Waals surface area (Å²) in [5.74, 6) is 2.00. The molecular formula is C13H14BrN3O2. The Kier molecular flexibility index (Phi) is 4.21. The molecule has 0 aliphatic carbocycles. The molecule has 2 aromatic rings. The van der Waals surface area contributed by atoms with E-state index in [9.17, 15) is 0 Å². The van der Waals surface area contributed by atoms with E-state index in [1.807, 2.05) is 31.1 Å². The number of hydrogen-bond donors (Lipinski definition) is 0. The largest absolute Gasteiger partial charge is 0.481 e. The number of ether oxygens (including phenoxy) is 1. The van der Waals surface area contributed by atoms with E-state index < -0.39 is 0 Å². The third-order valence-corrected chi connectivity index (χ3v) is 2.93. The van der Waals surface area contributed by atoms with Crippen molar-refractivity contribution in [2.24, 2.45) is 4.99 Å². The predicted octanol–water partition coefficient (Wildman–Crippen LogP) is 3.26. The highest BCUT2D eigenvalue weighted by atomic mass is 79.9. The second-order valence-electron chi connectivity index (χ2n) is 4.01. The molecule has 0 fully saturated rings. The smallest absolute Gasteiger partial charge is 0.213 e. The van der Waals surface area contributed by atoms with Gasteiger partial charge in [0.05, 0.1) is 29.7 Å². The van der Waals surface area contributed by atoms with Crippen LogP contribution >= 0.6 is 15.9 Å². The summed E-state index contributed by atoms with van der Waals surface area (Å²) in [6.07, 6.45) is 3.29. The fourth-order valence-corrected chi connectivity index (χ4v) is 2.11. The lowest BCUT2D eigenvalue weighted by Gasteiger charge is -2.07. The summed E-state index contributed by atoms with van der Waals surface area (Å²) >= 11 is 3.44. The minimum Gasteiger partial charge on any atom is -0.481 e. The van der Waals surface area contributed by atoms with Crippen LogP contribution in [0, 0.1) is 0 Å². The third-order valence-electron chi connectivity index (χ3n) is 2.36. The van der Waals surface area contributed by atoms with Gasteiger partial charge >= 0.3 is 0 Å². The van der Waals surface area contributed by atoms with Gasteiger partial charge in [0.2, 0.25) is 11.8 Å². The van der Waals surface area contributed by atoms with E-state index in [4.69, 9.17) is 9.15 Å². The fraction of sp³-hybridized carbons (Fsp3) is 0.231. The molecule has 0 N–H and O–H groups in total. The predicted molar refractivity (Wildman–Crippen MR) is 78.8 cm³/mol. The van der Waals surface area contributed by atoms with Gasteiger partial charge in [-0.1, -0.05) is 0 Å². The first-order valence-electron chi connectivity index (χ1n) is 5.61. The van der Waals surface area contributed by atoms with Crippen molar-refractivity contribution in [3.63, 3.8) is 0 Å². The van der Waals surface area contributed by atoms with Crippen molar-refractivity contribution in [3.8, 4) is 5.88 Å². The molecule has 0 unspecified atom stereocenters. The number of furan rings is 1. The number of hydrogen-bond acceptors (Lipinski definition) is 5. The number of aliphatic imine (C=N–C) groups is 1. The number of aromatic nitrogens is 1. The van der Waals surface area contributed by atoms with Crippen LogP contribution in [0.25, 0.3) is 0 Å². The van der Waals surface area contributed by atoms with Crippen LogP contribution in [0.15, 0.2) is 38.3 Å². The Hall–Kier alpha value is -1.82. The van der Waals surface area contributed by atoms with E-state index in [0.717, 1.165) is 16.0 Å². The lowest BCUT2D eigenvalue weighted by Crippen LogP contribution is -2.07. The molecule has 100 valence electrons. The molecule has 0 radical (unpaired) electrons. The van der Waals surface area contributed by atoms with Crippen LogP contribution in [-0.4, -0.2) is 32.4 Å². The summed E-state index contributed by atoms with van der Waals surface area (Å²) in [5, 5.41) is 0. The molecule has 0 aliphatic rings. The van der Waals surface area contributed by atoms with Crippen LogP contribution in [0.3, 0.4) is 0 Å². The normalized spacial score (nSPS) is 10.9. The summed E-state index contributed by atoms with van der Waals surface area (Å²) in [5.41, 5.74) is 0.736. The molecule has 0 saturated carbocycles. The molecule has 0 spiro atoms. The number of rotatable bonds is 4. The van der Waals surface area contributed by atoms with Crippen LogP contribution in [0.4, 0.5) is 11.6 Å². The van der Waals surface area contributed by atoms with Crippen molar-refractivity contribution in [2.75, 3.05) is 26.1 Å². The molecule has 0 aliphatic heterocycles. The lowest BCUT2D eigenvalue weighted by molar-refractivity contribution is 0.398. The summed E-state index contributed by atoms with van der Waals surface area (Å²) < 4.78 is 11.5. The molecule has 2 heterocycles. The average molecular weight is 324 g/mol. The van der Waals surface area contributed by atoms with Gasteiger partial charge in [-0.3, -0.25) is 4.99 Å². The van der Waals surface area contributed by atoms with Gasteiger partial charge in [0.15, 0.2) is 0 Å². The molecule has 5 nitrogen and oxygen atoms in total. The first-order chi connectivity index (χ1) is 9.10. The molecule has 6 heteroatoms. The van der Waals surface area contributed by atoms with Gasteiger partial charge in [0.25, 0.3) is 0 Å². The van der Waals surface area contributed by atoms with Crippen LogP contribution in [0.1, 0.15) is 5.76 Å². The maximum Gasteiger partial charge on any atom is 0.213 e. The van der Waals surface area contributed by atoms with E-state index in [-0.39, 0.29) is 0 Å². The standard InChI is InChI=1S/C13H14BrN3O2/c1-17(2)13-11(14)6-10(19-13)8-15-9-4-5-12(18-3)16-7-9/h4-8H,1-3H3. The van der Waals surface area contributed by atoms with Crippen molar-refractivity contribution in [2.45, 2.75) is 0 Å². The average Bonchev–Trinajstić information content (AvgIpc) is 2.78. The fourth-order valence-electron chi connectivity index (χ4n) is 1.45. The maximum atomic E-state index is 5.63. The van der Waals surface area contributed by atoms with Crippen LogP contribution < -0.4 is 9.64 Å². The molecule has 0 aromatic carbocycles. The Balaban J connectivity index is 2.15. The highest BCUT2D eigenvalue weighted by molar-refractivity contribution is 9.10. The Labute approximate surface area is 120 Å². The molecule has 0 bridgehead atoms. The second-order valence-corrected chi connectivity index (χ2v) is 4.87. The topological polar surface area (TPSA) is 50.9 Å². The minimum atomic E-state index is 0.564. The van der Waals surface area contributed by atoms with Crippen molar-refractivity contribution < 1.29 is 9.15 Å². The zero-order valence-electron chi connectivity index (χ0n) is 10.9. The molecule has 0 atom stereocenters. The summed E-state index contributed by atoms with van der Waals surface area (Å²) in [7, 11) is 5.41. The Morgan fingerprint density at radius 3 is 2.74 bits per heavy atom. The summed E-state index contributed by atoms with van der Waals surface area (Å²) in [4.78, 5) is 10.3. The number of anilines is 1. The highest BCUT2D eigenvalue weighted by Crippen LogP contribution is 2.28. The second kappa shape index (κ2) is 5.88. The van der Waals surface area contributed by atoms with Crippen molar-refractivity contribution in [3.05, 3.63) is 34.6 Å². The molecule has 0 saturated heterocycles. The first kappa shape index (κ1) is 13.6. The molecule has 0 amide bonds. The highest BCUT2D eigenvalue weighted by Gasteiger charge is 2.08. The molecule has 2 aromatic heterocycles.